The zero-order chi connectivity index (χ0) is 15.4. The number of hydrogen-bond donors (Lipinski definition) is 2. The van der Waals surface area contributed by atoms with E-state index in [-0.39, 0.29) is 5.69 Å². The molecule has 3 N–H and O–H groups in total. The Morgan fingerprint density at radius 2 is 2.29 bits per heavy atom. The van der Waals surface area contributed by atoms with Gasteiger partial charge in [-0.1, -0.05) is 6.92 Å². The number of methoxy groups -OCH3 is 1. The number of nitrogens with one attached hydrogen (secondary N) is 1. The van der Waals surface area contributed by atoms with E-state index < -0.39 is 5.97 Å². The highest BCUT2D eigenvalue weighted by Gasteiger charge is 2.14. The van der Waals surface area contributed by atoms with Crippen molar-refractivity contribution in [3.8, 4) is 0 Å². The zero-order valence-corrected chi connectivity index (χ0v) is 12.6. The molecule has 2 aromatic rings. The lowest BCUT2D eigenvalue weighted by atomic mass is 10.2. The summed E-state index contributed by atoms with van der Waals surface area (Å²) in [4.78, 5) is 23.9. The van der Waals surface area contributed by atoms with Crippen LogP contribution < -0.4 is 11.4 Å². The molecule has 21 heavy (non-hydrogen) atoms. The van der Waals surface area contributed by atoms with Gasteiger partial charge < -0.3 is 10.5 Å². The van der Waals surface area contributed by atoms with Gasteiger partial charge in [-0.25, -0.2) is 14.7 Å². The molecule has 1 aromatic carbocycles. The maximum Gasteiger partial charge on any atom is 0.343 e. The molecule has 1 heterocycles. The molecule has 7 nitrogen and oxygen atoms in total. The second-order valence-electron chi connectivity index (χ2n) is 4.31. The monoisotopic (exact) mass is 308 g/mol. The molecule has 112 valence electrons. The quantitative estimate of drug-likeness (QED) is 0.641. The van der Waals surface area contributed by atoms with Crippen LogP contribution in [0.1, 0.15) is 23.7 Å². The third-order valence-corrected chi connectivity index (χ3v) is 3.87. The van der Waals surface area contributed by atoms with Crippen molar-refractivity contribution in [2.75, 3.05) is 12.8 Å². The third kappa shape index (κ3) is 3.27. The van der Waals surface area contributed by atoms with Gasteiger partial charge in [0, 0.05) is 17.1 Å². The van der Waals surface area contributed by atoms with Gasteiger partial charge in [0.1, 0.15) is 0 Å². The van der Waals surface area contributed by atoms with E-state index in [0.717, 1.165) is 6.42 Å². The Morgan fingerprint density at radius 3 is 2.95 bits per heavy atom. The minimum atomic E-state index is -0.440. The number of carbonyl (C=O) groups is 1. The molecular weight excluding hydrogens is 292 g/mol. The number of esters is 1. The predicted molar refractivity (Wildman–Crippen MR) is 79.5 cm³/mol. The molecule has 0 bridgehead atoms. The van der Waals surface area contributed by atoms with Crippen LogP contribution in [0.4, 0.5) is 5.69 Å². The number of benzene rings is 1. The average Bonchev–Trinajstić information content (AvgIpc) is 2.82. The Labute approximate surface area is 125 Å². The van der Waals surface area contributed by atoms with Crippen LogP contribution in [0.25, 0.3) is 0 Å². The number of H-pyrrole nitrogens is 1. The SMILES string of the molecule is CCCn1c(Sc2cc(C(=O)OC)ccc2N)n[nH]c1=O. The molecule has 1 aromatic heterocycles. The highest BCUT2D eigenvalue weighted by Crippen LogP contribution is 2.31. The molecule has 0 spiro atoms. The van der Waals surface area contributed by atoms with Crippen LogP contribution in [-0.4, -0.2) is 27.8 Å². The number of aromatic nitrogens is 3. The van der Waals surface area contributed by atoms with Crippen molar-refractivity contribution in [1.82, 2.24) is 14.8 Å². The molecule has 2 rings (SSSR count). The predicted octanol–water partition coefficient (Wildman–Crippen LogP) is 1.50. The topological polar surface area (TPSA) is 103 Å². The molecule has 0 atom stereocenters. The Morgan fingerprint density at radius 1 is 1.52 bits per heavy atom. The van der Waals surface area contributed by atoms with E-state index in [9.17, 15) is 9.59 Å². The molecule has 0 fully saturated rings. The maximum atomic E-state index is 11.7. The van der Waals surface area contributed by atoms with E-state index in [1.807, 2.05) is 6.92 Å². The van der Waals surface area contributed by atoms with E-state index in [1.165, 1.54) is 23.4 Å². The van der Waals surface area contributed by atoms with E-state index >= 15 is 0 Å². The molecule has 0 aliphatic heterocycles. The number of aromatic amines is 1. The minimum Gasteiger partial charge on any atom is -0.465 e. The number of nitrogens with zero attached hydrogens (tertiary/aromatic N) is 2. The summed E-state index contributed by atoms with van der Waals surface area (Å²) in [6, 6.07) is 4.85. The first-order valence-corrected chi connectivity index (χ1v) is 7.19. The van der Waals surface area contributed by atoms with Gasteiger partial charge in [-0.2, -0.15) is 0 Å². The lowest BCUT2D eigenvalue weighted by Gasteiger charge is -2.08. The third-order valence-electron chi connectivity index (χ3n) is 2.81. The van der Waals surface area contributed by atoms with Crippen LogP contribution in [0, 0.1) is 0 Å². The van der Waals surface area contributed by atoms with Crippen molar-refractivity contribution in [3.63, 3.8) is 0 Å². The van der Waals surface area contributed by atoms with Crippen molar-refractivity contribution < 1.29 is 9.53 Å². The van der Waals surface area contributed by atoms with Gasteiger partial charge in [-0.05, 0) is 36.4 Å². The van der Waals surface area contributed by atoms with Crippen LogP contribution in [0.15, 0.2) is 33.0 Å². The van der Waals surface area contributed by atoms with Crippen molar-refractivity contribution in [3.05, 3.63) is 34.2 Å². The molecule has 8 heteroatoms. The molecule has 0 aliphatic rings. The summed E-state index contributed by atoms with van der Waals surface area (Å²) in [5.74, 6) is -0.440. The highest BCUT2D eigenvalue weighted by atomic mass is 32.2. The number of nitrogens with two attached hydrogens (primary N) is 1. The van der Waals surface area contributed by atoms with Crippen LogP contribution in [-0.2, 0) is 11.3 Å². The van der Waals surface area contributed by atoms with Crippen LogP contribution >= 0.6 is 11.8 Å². The molecule has 0 aliphatic carbocycles. The summed E-state index contributed by atoms with van der Waals surface area (Å²) >= 11 is 1.23. The van der Waals surface area contributed by atoms with E-state index in [4.69, 9.17) is 5.73 Å². The fourth-order valence-corrected chi connectivity index (χ4v) is 2.71. The lowest BCUT2D eigenvalue weighted by molar-refractivity contribution is 0.0600. The zero-order valence-electron chi connectivity index (χ0n) is 11.8. The Hall–Kier alpha value is -2.22. The number of rotatable bonds is 5. The summed E-state index contributed by atoms with van der Waals surface area (Å²) in [5, 5.41) is 6.91. The molecule has 0 unspecified atom stereocenters. The molecule has 0 amide bonds. The van der Waals surface area contributed by atoms with Crippen LogP contribution in [0.2, 0.25) is 0 Å². The van der Waals surface area contributed by atoms with Gasteiger partial charge in [-0.3, -0.25) is 4.57 Å². The highest BCUT2D eigenvalue weighted by molar-refractivity contribution is 7.99. The number of nitrogen functional groups attached to an aromatic ring is 1. The smallest absolute Gasteiger partial charge is 0.343 e. The summed E-state index contributed by atoms with van der Waals surface area (Å²) in [6.45, 7) is 2.54. The normalized spacial score (nSPS) is 10.6. The van der Waals surface area contributed by atoms with Crippen LogP contribution in [0.5, 0.6) is 0 Å². The number of hydrogen-bond acceptors (Lipinski definition) is 6. The lowest BCUT2D eigenvalue weighted by Crippen LogP contribution is -2.17. The van der Waals surface area contributed by atoms with Crippen molar-refractivity contribution >= 4 is 23.4 Å². The molecular formula is C13H16N4O3S. The first-order chi connectivity index (χ1) is 10.1. The number of ether oxygens (including phenoxy) is 1. The Balaban J connectivity index is 2.35. The van der Waals surface area contributed by atoms with Gasteiger partial charge >= 0.3 is 11.7 Å². The summed E-state index contributed by atoms with van der Waals surface area (Å²) in [6.07, 6.45) is 0.810. The van der Waals surface area contributed by atoms with Gasteiger partial charge in [0.2, 0.25) is 0 Å². The number of carbonyl (C=O) groups excluding carboxylic acids is 1. The Kier molecular flexibility index (Phi) is 4.69. The van der Waals surface area contributed by atoms with Crippen molar-refractivity contribution in [2.45, 2.75) is 29.9 Å². The van der Waals surface area contributed by atoms with Crippen molar-refractivity contribution in [2.24, 2.45) is 0 Å². The first-order valence-electron chi connectivity index (χ1n) is 6.37. The van der Waals surface area contributed by atoms with Crippen LogP contribution in [0.3, 0.4) is 0 Å². The van der Waals surface area contributed by atoms with Gasteiger partial charge in [-0.15, -0.1) is 5.10 Å². The maximum absolute atomic E-state index is 11.7. The standard InChI is InChI=1S/C13H16N4O3S/c1-3-6-17-12(19)15-16-13(17)21-10-7-8(11(18)20-2)4-5-9(10)14/h4-5,7H,3,6,14H2,1-2H3,(H,15,19). The number of anilines is 1. The summed E-state index contributed by atoms with van der Waals surface area (Å²) < 4.78 is 6.22. The van der Waals surface area contributed by atoms with Gasteiger partial charge in [0.25, 0.3) is 0 Å². The summed E-state index contributed by atoms with van der Waals surface area (Å²) in [5.41, 5.74) is 6.55. The van der Waals surface area contributed by atoms with Gasteiger partial charge in [0.05, 0.1) is 12.7 Å². The Bertz CT molecular complexity index is 708. The fraction of sp³-hybridized carbons (Fsp3) is 0.308. The van der Waals surface area contributed by atoms with E-state index in [2.05, 4.69) is 14.9 Å². The fourth-order valence-electron chi connectivity index (χ4n) is 1.77. The summed E-state index contributed by atoms with van der Waals surface area (Å²) in [7, 11) is 1.32. The average molecular weight is 308 g/mol. The molecule has 0 saturated heterocycles. The minimum absolute atomic E-state index is 0.262. The molecule has 0 saturated carbocycles. The molecule has 0 radical (unpaired) electrons. The van der Waals surface area contributed by atoms with Gasteiger partial charge in [0.15, 0.2) is 5.16 Å². The van der Waals surface area contributed by atoms with Crippen molar-refractivity contribution in [1.29, 1.82) is 0 Å². The first kappa shape index (κ1) is 15.2. The second kappa shape index (κ2) is 6.49. The van der Waals surface area contributed by atoms with E-state index in [1.54, 1.807) is 18.2 Å². The van der Waals surface area contributed by atoms with E-state index in [0.29, 0.717) is 27.8 Å². The largest absolute Gasteiger partial charge is 0.465 e. The second-order valence-corrected chi connectivity index (χ2v) is 5.32.